The maximum absolute atomic E-state index is 5.19. The van der Waals surface area contributed by atoms with Crippen LogP contribution in [0.4, 0.5) is 5.13 Å². The fraction of sp³-hybridized carbons (Fsp3) is 0.231. The second kappa shape index (κ2) is 6.47. The van der Waals surface area contributed by atoms with Gasteiger partial charge in [0.05, 0.1) is 0 Å². The Balaban J connectivity index is 1.75. The van der Waals surface area contributed by atoms with Crippen LogP contribution in [-0.4, -0.2) is 16.6 Å². The van der Waals surface area contributed by atoms with E-state index in [0.717, 1.165) is 18.1 Å². The Morgan fingerprint density at radius 2 is 2.22 bits per heavy atom. The molecule has 2 aromatic rings. The van der Waals surface area contributed by atoms with Gasteiger partial charge in [-0.3, -0.25) is 0 Å². The molecule has 2 N–H and O–H groups in total. The van der Waals surface area contributed by atoms with Crippen molar-refractivity contribution in [3.05, 3.63) is 47.0 Å². The molecule has 0 fully saturated rings. The maximum Gasteiger partial charge on any atom is 0.188 e. The van der Waals surface area contributed by atoms with Crippen LogP contribution in [0.3, 0.4) is 0 Å². The Morgan fingerprint density at radius 3 is 2.94 bits per heavy atom. The van der Waals surface area contributed by atoms with Crippen LogP contribution in [0.2, 0.25) is 0 Å². The van der Waals surface area contributed by atoms with E-state index in [9.17, 15) is 0 Å². The predicted octanol–water partition coefficient (Wildman–Crippen LogP) is 2.98. The van der Waals surface area contributed by atoms with Gasteiger partial charge in [-0.05, 0) is 36.7 Å². The summed E-state index contributed by atoms with van der Waals surface area (Å²) in [5.41, 5.74) is 2.67. The Hall–Kier alpha value is -1.46. The van der Waals surface area contributed by atoms with Gasteiger partial charge in [-0.1, -0.05) is 24.3 Å². The van der Waals surface area contributed by atoms with E-state index >= 15 is 0 Å². The van der Waals surface area contributed by atoms with Gasteiger partial charge in [0.1, 0.15) is 0 Å². The number of nitrogens with zero attached hydrogens (tertiary/aromatic N) is 1. The molecule has 0 spiro atoms. The van der Waals surface area contributed by atoms with Gasteiger partial charge in [-0.2, -0.15) is 0 Å². The number of hydrogen-bond acceptors (Lipinski definition) is 3. The summed E-state index contributed by atoms with van der Waals surface area (Å²) in [7, 11) is 0. The van der Waals surface area contributed by atoms with Crippen molar-refractivity contribution >= 4 is 33.8 Å². The van der Waals surface area contributed by atoms with Crippen molar-refractivity contribution in [2.45, 2.75) is 13.3 Å². The monoisotopic (exact) mass is 277 g/mol. The number of thiocarbonyl (C=S) groups is 1. The standard InChI is InChI=1S/C13H15N3S2/c1-10-4-2-3-5-11(10)6-7-14-12(17)16-13-15-8-9-18-13/h2-5,8-9H,6-7H2,1H3,(H2,14,15,16,17). The summed E-state index contributed by atoms with van der Waals surface area (Å²) >= 11 is 6.73. The van der Waals surface area contributed by atoms with Crippen molar-refractivity contribution in [2.75, 3.05) is 11.9 Å². The van der Waals surface area contributed by atoms with E-state index in [2.05, 4.69) is 46.8 Å². The first-order valence-corrected chi connectivity index (χ1v) is 7.03. The molecule has 3 nitrogen and oxygen atoms in total. The third-order valence-corrected chi connectivity index (χ3v) is 3.53. The minimum absolute atomic E-state index is 0.624. The number of rotatable bonds is 4. The molecule has 1 aromatic heterocycles. The van der Waals surface area contributed by atoms with Gasteiger partial charge in [0.25, 0.3) is 0 Å². The van der Waals surface area contributed by atoms with Gasteiger partial charge in [0.15, 0.2) is 10.2 Å². The van der Waals surface area contributed by atoms with Crippen LogP contribution < -0.4 is 10.6 Å². The van der Waals surface area contributed by atoms with Crippen molar-refractivity contribution in [1.82, 2.24) is 10.3 Å². The molecule has 0 radical (unpaired) electrons. The lowest BCUT2D eigenvalue weighted by Crippen LogP contribution is -2.30. The number of nitrogens with one attached hydrogen (secondary N) is 2. The first kappa shape index (κ1) is 13.0. The maximum atomic E-state index is 5.19. The van der Waals surface area contributed by atoms with Crippen molar-refractivity contribution in [3.8, 4) is 0 Å². The molecule has 0 atom stereocenters. The molecular weight excluding hydrogens is 262 g/mol. The van der Waals surface area contributed by atoms with Crippen LogP contribution in [0.25, 0.3) is 0 Å². The normalized spacial score (nSPS) is 10.1. The molecule has 0 saturated carbocycles. The summed E-state index contributed by atoms with van der Waals surface area (Å²) in [5, 5.41) is 9.60. The molecule has 0 aliphatic heterocycles. The van der Waals surface area contributed by atoms with Gasteiger partial charge in [-0.25, -0.2) is 4.98 Å². The highest BCUT2D eigenvalue weighted by atomic mass is 32.1. The number of aromatic nitrogens is 1. The predicted molar refractivity (Wildman–Crippen MR) is 81.2 cm³/mol. The van der Waals surface area contributed by atoms with Crippen molar-refractivity contribution < 1.29 is 0 Å². The summed E-state index contributed by atoms with van der Waals surface area (Å²) in [6.07, 6.45) is 2.72. The molecule has 0 amide bonds. The van der Waals surface area contributed by atoms with E-state index < -0.39 is 0 Å². The lowest BCUT2D eigenvalue weighted by Gasteiger charge is -2.09. The van der Waals surface area contributed by atoms with Crippen LogP contribution in [0.1, 0.15) is 11.1 Å². The molecule has 0 bridgehead atoms. The lowest BCUT2D eigenvalue weighted by molar-refractivity contribution is 0.867. The van der Waals surface area contributed by atoms with Crippen LogP contribution in [0.5, 0.6) is 0 Å². The fourth-order valence-electron chi connectivity index (χ4n) is 1.63. The molecule has 18 heavy (non-hydrogen) atoms. The number of anilines is 1. The van der Waals surface area contributed by atoms with Crippen molar-refractivity contribution in [2.24, 2.45) is 0 Å². The molecule has 0 aliphatic carbocycles. The second-order valence-electron chi connectivity index (χ2n) is 3.89. The van der Waals surface area contributed by atoms with Crippen molar-refractivity contribution in [1.29, 1.82) is 0 Å². The van der Waals surface area contributed by atoms with E-state index in [-0.39, 0.29) is 0 Å². The number of hydrogen-bond donors (Lipinski definition) is 2. The highest BCUT2D eigenvalue weighted by Crippen LogP contribution is 2.10. The molecule has 0 unspecified atom stereocenters. The Morgan fingerprint density at radius 1 is 1.39 bits per heavy atom. The van der Waals surface area contributed by atoms with Gasteiger partial charge in [0, 0.05) is 18.1 Å². The fourth-order valence-corrected chi connectivity index (χ4v) is 2.42. The zero-order valence-corrected chi connectivity index (χ0v) is 11.8. The zero-order chi connectivity index (χ0) is 12.8. The molecule has 1 aromatic carbocycles. The summed E-state index contributed by atoms with van der Waals surface area (Å²) in [6.45, 7) is 2.95. The van der Waals surface area contributed by atoms with E-state index in [0.29, 0.717) is 5.11 Å². The Labute approximate surface area is 116 Å². The quantitative estimate of drug-likeness (QED) is 0.843. The minimum atomic E-state index is 0.624. The third-order valence-electron chi connectivity index (χ3n) is 2.59. The van der Waals surface area contributed by atoms with Crippen LogP contribution in [0, 0.1) is 6.92 Å². The zero-order valence-electron chi connectivity index (χ0n) is 10.1. The van der Waals surface area contributed by atoms with Gasteiger partial charge in [0.2, 0.25) is 0 Å². The van der Waals surface area contributed by atoms with Gasteiger partial charge in [-0.15, -0.1) is 11.3 Å². The molecular formula is C13H15N3S2. The summed E-state index contributed by atoms with van der Waals surface area (Å²) < 4.78 is 0. The van der Waals surface area contributed by atoms with E-state index in [1.807, 2.05) is 5.38 Å². The molecule has 0 saturated heterocycles. The second-order valence-corrected chi connectivity index (χ2v) is 5.20. The Bertz CT molecular complexity index is 509. The summed E-state index contributed by atoms with van der Waals surface area (Å²) in [5.74, 6) is 0. The van der Waals surface area contributed by atoms with Gasteiger partial charge < -0.3 is 10.6 Å². The smallest absolute Gasteiger partial charge is 0.188 e. The van der Waals surface area contributed by atoms with Crippen LogP contribution in [-0.2, 0) is 6.42 Å². The molecule has 5 heteroatoms. The average Bonchev–Trinajstić information content (AvgIpc) is 2.84. The molecule has 1 heterocycles. The molecule has 2 rings (SSSR count). The SMILES string of the molecule is Cc1ccccc1CCNC(=S)Nc1nccs1. The average molecular weight is 277 g/mol. The van der Waals surface area contributed by atoms with E-state index in [4.69, 9.17) is 12.2 Å². The molecule has 0 aliphatic rings. The first-order chi connectivity index (χ1) is 8.75. The highest BCUT2D eigenvalue weighted by molar-refractivity contribution is 7.80. The summed E-state index contributed by atoms with van der Waals surface area (Å²) in [6, 6.07) is 8.39. The number of thiazole rings is 1. The first-order valence-electron chi connectivity index (χ1n) is 5.74. The van der Waals surface area contributed by atoms with Crippen LogP contribution in [0.15, 0.2) is 35.8 Å². The molecule has 94 valence electrons. The number of aryl methyl sites for hydroxylation is 1. The summed E-state index contributed by atoms with van der Waals surface area (Å²) in [4.78, 5) is 4.12. The lowest BCUT2D eigenvalue weighted by atomic mass is 10.1. The van der Waals surface area contributed by atoms with Crippen molar-refractivity contribution in [3.63, 3.8) is 0 Å². The van der Waals surface area contributed by atoms with Crippen LogP contribution >= 0.6 is 23.6 Å². The van der Waals surface area contributed by atoms with E-state index in [1.165, 1.54) is 22.5 Å². The highest BCUT2D eigenvalue weighted by Gasteiger charge is 2.00. The largest absolute Gasteiger partial charge is 0.362 e. The van der Waals surface area contributed by atoms with Gasteiger partial charge >= 0.3 is 0 Å². The van der Waals surface area contributed by atoms with E-state index in [1.54, 1.807) is 6.20 Å². The minimum Gasteiger partial charge on any atom is -0.362 e. The Kier molecular flexibility index (Phi) is 4.66. The number of benzene rings is 1. The topological polar surface area (TPSA) is 37.0 Å². The third kappa shape index (κ3) is 3.78.